The van der Waals surface area contributed by atoms with Crippen molar-refractivity contribution >= 4 is 28.8 Å². The van der Waals surface area contributed by atoms with Crippen LogP contribution in [0.25, 0.3) is 0 Å². The van der Waals surface area contributed by atoms with Crippen LogP contribution in [0.3, 0.4) is 0 Å². The molecule has 1 aliphatic rings. The Labute approximate surface area is 175 Å². The number of para-hydroxylation sites is 1. The van der Waals surface area contributed by atoms with Gasteiger partial charge in [-0.1, -0.05) is 23.7 Å². The molecule has 1 aromatic heterocycles. The summed E-state index contributed by atoms with van der Waals surface area (Å²) in [6.45, 7) is 5.32. The van der Waals surface area contributed by atoms with Gasteiger partial charge in [-0.25, -0.2) is 4.98 Å². The van der Waals surface area contributed by atoms with Crippen LogP contribution in [-0.2, 0) is 22.6 Å². The van der Waals surface area contributed by atoms with Crippen molar-refractivity contribution in [3.05, 3.63) is 45.4 Å². The van der Waals surface area contributed by atoms with Crippen LogP contribution in [0.15, 0.2) is 29.6 Å². The van der Waals surface area contributed by atoms with Gasteiger partial charge in [0.15, 0.2) is 0 Å². The first kappa shape index (κ1) is 21.0. The number of hydrogen-bond acceptors (Lipinski definition) is 6. The molecule has 2 aromatic rings. The summed E-state index contributed by atoms with van der Waals surface area (Å²) >= 11 is 7.71. The molecule has 0 radical (unpaired) electrons. The van der Waals surface area contributed by atoms with Crippen LogP contribution in [0.4, 0.5) is 0 Å². The third-order valence-corrected chi connectivity index (χ3v) is 5.71. The van der Waals surface area contributed by atoms with Crippen LogP contribution in [0.1, 0.15) is 23.5 Å². The van der Waals surface area contributed by atoms with Crippen molar-refractivity contribution in [2.45, 2.75) is 25.9 Å². The lowest BCUT2D eigenvalue weighted by molar-refractivity contribution is -0.130. The maximum Gasteiger partial charge on any atom is 0.222 e. The van der Waals surface area contributed by atoms with Crippen LogP contribution < -0.4 is 4.74 Å². The highest BCUT2D eigenvalue weighted by Crippen LogP contribution is 2.23. The summed E-state index contributed by atoms with van der Waals surface area (Å²) in [5.41, 5.74) is 0.941. The second-order valence-corrected chi connectivity index (χ2v) is 8.10. The highest BCUT2D eigenvalue weighted by Gasteiger charge is 2.15. The summed E-state index contributed by atoms with van der Waals surface area (Å²) in [5, 5.41) is 3.72. The Hall–Kier alpha value is -1.67. The zero-order chi connectivity index (χ0) is 19.8. The first-order chi connectivity index (χ1) is 13.6. The third-order valence-electron chi connectivity index (χ3n) is 4.52. The number of hydrogen-bond donors (Lipinski definition) is 0. The van der Waals surface area contributed by atoms with E-state index in [1.54, 1.807) is 22.3 Å². The van der Waals surface area contributed by atoms with Gasteiger partial charge in [-0.3, -0.25) is 9.69 Å². The number of benzene rings is 1. The molecular formula is C20H26ClN3O3S. The molecule has 1 aliphatic heterocycles. The average molecular weight is 424 g/mol. The highest BCUT2D eigenvalue weighted by molar-refractivity contribution is 7.09. The second kappa shape index (κ2) is 10.8. The summed E-state index contributed by atoms with van der Waals surface area (Å²) in [7, 11) is 1.82. The lowest BCUT2D eigenvalue weighted by atomic mass is 10.3. The fourth-order valence-electron chi connectivity index (χ4n) is 2.93. The van der Waals surface area contributed by atoms with E-state index in [0.29, 0.717) is 36.8 Å². The van der Waals surface area contributed by atoms with Gasteiger partial charge >= 0.3 is 0 Å². The van der Waals surface area contributed by atoms with E-state index in [1.165, 1.54) is 0 Å². The summed E-state index contributed by atoms with van der Waals surface area (Å²) < 4.78 is 11.0. The zero-order valence-corrected chi connectivity index (χ0v) is 17.7. The van der Waals surface area contributed by atoms with Gasteiger partial charge in [-0.05, 0) is 18.6 Å². The van der Waals surface area contributed by atoms with Crippen molar-refractivity contribution in [2.75, 3.05) is 40.0 Å². The van der Waals surface area contributed by atoms with E-state index < -0.39 is 0 Å². The van der Waals surface area contributed by atoms with E-state index in [2.05, 4.69) is 9.88 Å². The van der Waals surface area contributed by atoms with Gasteiger partial charge in [-0.2, -0.15) is 0 Å². The number of thiazole rings is 1. The van der Waals surface area contributed by atoms with E-state index in [0.717, 1.165) is 43.5 Å². The van der Waals surface area contributed by atoms with Crippen LogP contribution in [-0.4, -0.2) is 60.6 Å². The number of amides is 1. The Morgan fingerprint density at radius 2 is 2.14 bits per heavy atom. The number of morpholine rings is 1. The molecule has 1 amide bonds. The molecule has 2 heterocycles. The standard InChI is InChI=1S/C20H26ClN3O3S/c1-23(20(25)7-4-10-27-18-6-3-2-5-17(18)21)13-16-15-28-19(22-16)14-24-8-11-26-12-9-24/h2-3,5-6,15H,4,7-14H2,1H3. The fraction of sp³-hybridized carbons (Fsp3) is 0.500. The minimum Gasteiger partial charge on any atom is -0.492 e. The minimum atomic E-state index is 0.0884. The maximum atomic E-state index is 12.3. The number of ether oxygens (including phenoxy) is 2. The highest BCUT2D eigenvalue weighted by atomic mass is 35.5. The molecule has 6 nitrogen and oxygen atoms in total. The van der Waals surface area contributed by atoms with Gasteiger partial charge in [0, 0.05) is 31.9 Å². The molecule has 0 N–H and O–H groups in total. The molecule has 1 fully saturated rings. The van der Waals surface area contributed by atoms with E-state index in [1.807, 2.05) is 30.6 Å². The van der Waals surface area contributed by atoms with E-state index in [4.69, 9.17) is 21.1 Å². The number of halogens is 1. The van der Waals surface area contributed by atoms with E-state index >= 15 is 0 Å². The molecule has 28 heavy (non-hydrogen) atoms. The lowest BCUT2D eigenvalue weighted by Crippen LogP contribution is -2.35. The zero-order valence-electron chi connectivity index (χ0n) is 16.1. The molecule has 0 saturated carbocycles. The van der Waals surface area contributed by atoms with E-state index in [-0.39, 0.29) is 5.91 Å². The van der Waals surface area contributed by atoms with Gasteiger partial charge in [0.05, 0.1) is 43.6 Å². The SMILES string of the molecule is CN(Cc1csc(CN2CCOCC2)n1)C(=O)CCCOc1ccccc1Cl. The summed E-state index contributed by atoms with van der Waals surface area (Å²) in [6.07, 6.45) is 1.08. The molecule has 0 unspecified atom stereocenters. The van der Waals surface area contributed by atoms with Crippen molar-refractivity contribution in [3.8, 4) is 5.75 Å². The van der Waals surface area contributed by atoms with Crippen LogP contribution in [0.2, 0.25) is 5.02 Å². The molecule has 1 saturated heterocycles. The van der Waals surface area contributed by atoms with Gasteiger partial charge in [0.1, 0.15) is 10.8 Å². The number of aromatic nitrogens is 1. The first-order valence-electron chi connectivity index (χ1n) is 9.46. The van der Waals surface area contributed by atoms with Crippen LogP contribution in [0, 0.1) is 0 Å². The molecule has 1 aromatic carbocycles. The minimum absolute atomic E-state index is 0.0884. The number of nitrogens with zero attached hydrogens (tertiary/aromatic N) is 3. The molecule has 0 atom stereocenters. The average Bonchev–Trinajstić information content (AvgIpc) is 3.13. The van der Waals surface area contributed by atoms with Crippen molar-refractivity contribution in [1.82, 2.24) is 14.8 Å². The maximum absolute atomic E-state index is 12.3. The van der Waals surface area contributed by atoms with Gasteiger partial charge in [0.25, 0.3) is 0 Å². The molecule has 152 valence electrons. The summed E-state index contributed by atoms with van der Waals surface area (Å²) in [6, 6.07) is 7.35. The summed E-state index contributed by atoms with van der Waals surface area (Å²) in [4.78, 5) is 21.1. The number of rotatable bonds is 9. The van der Waals surface area contributed by atoms with Gasteiger partial charge in [-0.15, -0.1) is 11.3 Å². The van der Waals surface area contributed by atoms with Crippen molar-refractivity contribution in [2.24, 2.45) is 0 Å². The predicted octanol–water partition coefficient (Wildman–Crippen LogP) is 3.45. The Balaban J connectivity index is 1.37. The molecule has 3 rings (SSSR count). The molecule has 0 aliphatic carbocycles. The third kappa shape index (κ3) is 6.44. The van der Waals surface area contributed by atoms with Crippen LogP contribution >= 0.6 is 22.9 Å². The fourth-order valence-corrected chi connectivity index (χ4v) is 3.95. The van der Waals surface area contributed by atoms with Gasteiger partial charge < -0.3 is 14.4 Å². The molecular weight excluding hydrogens is 398 g/mol. The monoisotopic (exact) mass is 423 g/mol. The lowest BCUT2D eigenvalue weighted by Gasteiger charge is -2.25. The smallest absolute Gasteiger partial charge is 0.222 e. The summed E-state index contributed by atoms with van der Waals surface area (Å²) in [5.74, 6) is 0.741. The Morgan fingerprint density at radius 1 is 1.36 bits per heavy atom. The van der Waals surface area contributed by atoms with Crippen molar-refractivity contribution < 1.29 is 14.3 Å². The first-order valence-corrected chi connectivity index (χ1v) is 10.7. The largest absolute Gasteiger partial charge is 0.492 e. The quantitative estimate of drug-likeness (QED) is 0.578. The molecule has 0 spiro atoms. The Morgan fingerprint density at radius 3 is 2.93 bits per heavy atom. The molecule has 0 bridgehead atoms. The van der Waals surface area contributed by atoms with Crippen molar-refractivity contribution in [1.29, 1.82) is 0 Å². The van der Waals surface area contributed by atoms with Crippen molar-refractivity contribution in [3.63, 3.8) is 0 Å². The molecule has 8 heteroatoms. The normalized spacial score (nSPS) is 14.8. The van der Waals surface area contributed by atoms with Crippen LogP contribution in [0.5, 0.6) is 5.75 Å². The number of carbonyl (C=O) groups is 1. The number of carbonyl (C=O) groups excluding carboxylic acids is 1. The Bertz CT molecular complexity index is 765. The second-order valence-electron chi connectivity index (χ2n) is 6.75. The van der Waals surface area contributed by atoms with E-state index in [9.17, 15) is 4.79 Å². The predicted molar refractivity (Wildman–Crippen MR) is 111 cm³/mol. The topological polar surface area (TPSA) is 54.9 Å². The van der Waals surface area contributed by atoms with Gasteiger partial charge in [0.2, 0.25) is 5.91 Å². The Kier molecular flexibility index (Phi) is 8.09.